The molecular formula is C20H35N5O3. The molecule has 0 aromatic carbocycles. The zero-order chi connectivity index (χ0) is 20.9. The van der Waals surface area contributed by atoms with Crippen molar-refractivity contribution in [1.82, 2.24) is 25.1 Å². The van der Waals surface area contributed by atoms with Crippen LogP contribution in [-0.2, 0) is 24.3 Å². The fourth-order valence-corrected chi connectivity index (χ4v) is 3.58. The molecular weight excluding hydrogens is 358 g/mol. The van der Waals surface area contributed by atoms with Gasteiger partial charge in [0.2, 0.25) is 5.91 Å². The maximum Gasteiger partial charge on any atom is 0.272 e. The van der Waals surface area contributed by atoms with Crippen molar-refractivity contribution in [2.75, 3.05) is 27.2 Å². The second-order valence-corrected chi connectivity index (χ2v) is 8.63. The Morgan fingerprint density at radius 1 is 1.25 bits per heavy atom. The zero-order valence-electron chi connectivity index (χ0n) is 17.8. The molecule has 2 heterocycles. The number of aromatic nitrogens is 2. The summed E-state index contributed by atoms with van der Waals surface area (Å²) in [7, 11) is 3.61. The van der Waals surface area contributed by atoms with Crippen LogP contribution in [-0.4, -0.2) is 64.7 Å². The van der Waals surface area contributed by atoms with Crippen LogP contribution in [0.25, 0.3) is 0 Å². The number of imidazole rings is 1. The van der Waals surface area contributed by atoms with Gasteiger partial charge in [0.1, 0.15) is 11.9 Å². The number of carbonyl (C=O) groups excluding carboxylic acids is 2. The largest absolute Gasteiger partial charge is 0.396 e. The normalized spacial score (nSPS) is 16.2. The van der Waals surface area contributed by atoms with E-state index >= 15 is 0 Å². The van der Waals surface area contributed by atoms with Gasteiger partial charge in [-0.1, -0.05) is 20.8 Å². The summed E-state index contributed by atoms with van der Waals surface area (Å²) in [6, 6.07) is -0.649. The molecule has 2 amide bonds. The summed E-state index contributed by atoms with van der Waals surface area (Å²) in [6.45, 7) is 8.37. The third-order valence-electron chi connectivity index (χ3n) is 5.17. The van der Waals surface area contributed by atoms with Crippen LogP contribution in [0.5, 0.6) is 0 Å². The van der Waals surface area contributed by atoms with Gasteiger partial charge in [0, 0.05) is 33.2 Å². The van der Waals surface area contributed by atoms with Crippen LogP contribution >= 0.6 is 0 Å². The number of aliphatic hydroxyl groups excluding tert-OH is 1. The number of amides is 2. The molecule has 1 aliphatic rings. The smallest absolute Gasteiger partial charge is 0.272 e. The van der Waals surface area contributed by atoms with Gasteiger partial charge in [-0.05, 0) is 38.3 Å². The molecule has 8 heteroatoms. The van der Waals surface area contributed by atoms with Gasteiger partial charge in [-0.2, -0.15) is 0 Å². The molecule has 0 radical (unpaired) electrons. The highest BCUT2D eigenvalue weighted by Gasteiger charge is 2.34. The highest BCUT2D eigenvalue weighted by molar-refractivity contribution is 5.97. The number of hydrogen-bond donors (Lipinski definition) is 3. The predicted molar refractivity (Wildman–Crippen MR) is 108 cm³/mol. The first-order valence-corrected chi connectivity index (χ1v) is 10.1. The number of rotatable bonds is 7. The lowest BCUT2D eigenvalue weighted by Crippen LogP contribution is -2.53. The van der Waals surface area contributed by atoms with Gasteiger partial charge < -0.3 is 25.2 Å². The van der Waals surface area contributed by atoms with Gasteiger partial charge >= 0.3 is 0 Å². The maximum atomic E-state index is 13.1. The Bertz CT molecular complexity index is 693. The van der Waals surface area contributed by atoms with Crippen molar-refractivity contribution in [2.45, 2.75) is 65.6 Å². The Morgan fingerprint density at radius 2 is 1.96 bits per heavy atom. The summed E-state index contributed by atoms with van der Waals surface area (Å²) < 4.78 is 2.15. The number of fused-ring (bicyclic) bond motifs is 1. The molecule has 1 aromatic rings. The van der Waals surface area contributed by atoms with E-state index in [0.29, 0.717) is 18.7 Å². The standard InChI is InChI=1S/C20H35N5O3/c1-20(2,3)17(19(28)21-4)23-18(27)16-14-13-24(5)10-8-11-25(14)15(22-16)9-6-7-12-26/h17,26H,6-13H2,1-5H3,(H,21,28)(H,23,27). The molecule has 1 atom stereocenters. The molecule has 0 saturated heterocycles. The molecule has 2 rings (SSSR count). The van der Waals surface area contributed by atoms with E-state index in [-0.39, 0.29) is 18.4 Å². The van der Waals surface area contributed by atoms with Crippen LogP contribution in [0, 0.1) is 5.41 Å². The number of likely N-dealkylation sites (N-methyl/N-ethyl adjacent to an activating group) is 1. The summed E-state index contributed by atoms with van der Waals surface area (Å²) in [5, 5.41) is 14.6. The monoisotopic (exact) mass is 393 g/mol. The minimum atomic E-state index is -0.649. The molecule has 1 aromatic heterocycles. The van der Waals surface area contributed by atoms with Gasteiger partial charge in [-0.3, -0.25) is 9.59 Å². The molecule has 0 fully saturated rings. The van der Waals surface area contributed by atoms with Crippen molar-refractivity contribution in [1.29, 1.82) is 0 Å². The fraction of sp³-hybridized carbons (Fsp3) is 0.750. The van der Waals surface area contributed by atoms with E-state index < -0.39 is 11.5 Å². The topological polar surface area (TPSA) is 99.5 Å². The molecule has 0 aliphatic carbocycles. The van der Waals surface area contributed by atoms with Crippen LogP contribution in [0.1, 0.15) is 62.0 Å². The van der Waals surface area contributed by atoms with E-state index in [0.717, 1.165) is 43.9 Å². The highest BCUT2D eigenvalue weighted by atomic mass is 16.3. The Balaban J connectivity index is 2.34. The molecule has 1 unspecified atom stereocenters. The first kappa shape index (κ1) is 22.4. The Kier molecular flexibility index (Phi) is 7.60. The lowest BCUT2D eigenvalue weighted by Gasteiger charge is -2.29. The van der Waals surface area contributed by atoms with Crippen molar-refractivity contribution in [3.8, 4) is 0 Å². The van der Waals surface area contributed by atoms with E-state index in [2.05, 4.69) is 25.1 Å². The van der Waals surface area contributed by atoms with E-state index in [1.165, 1.54) is 0 Å². The number of hydrogen-bond acceptors (Lipinski definition) is 5. The lowest BCUT2D eigenvalue weighted by molar-refractivity contribution is -0.124. The average Bonchev–Trinajstić information content (AvgIpc) is 2.83. The van der Waals surface area contributed by atoms with Crippen molar-refractivity contribution in [3.63, 3.8) is 0 Å². The number of unbranched alkanes of at least 4 members (excludes halogenated alkanes) is 1. The second-order valence-electron chi connectivity index (χ2n) is 8.63. The summed E-state index contributed by atoms with van der Waals surface area (Å²) >= 11 is 0. The number of nitrogens with one attached hydrogen (secondary N) is 2. The fourth-order valence-electron chi connectivity index (χ4n) is 3.58. The minimum Gasteiger partial charge on any atom is -0.396 e. The van der Waals surface area contributed by atoms with Crippen LogP contribution in [0.15, 0.2) is 0 Å². The first-order valence-electron chi connectivity index (χ1n) is 10.1. The zero-order valence-corrected chi connectivity index (χ0v) is 17.8. The maximum absolute atomic E-state index is 13.1. The van der Waals surface area contributed by atoms with E-state index in [4.69, 9.17) is 5.11 Å². The number of nitrogens with zero attached hydrogens (tertiary/aromatic N) is 3. The molecule has 8 nitrogen and oxygen atoms in total. The van der Waals surface area contributed by atoms with Crippen molar-refractivity contribution in [3.05, 3.63) is 17.2 Å². The lowest BCUT2D eigenvalue weighted by atomic mass is 9.86. The summed E-state index contributed by atoms with van der Waals surface area (Å²) in [4.78, 5) is 32.3. The Hall–Kier alpha value is -1.93. The van der Waals surface area contributed by atoms with Gasteiger partial charge in [0.25, 0.3) is 5.91 Å². The SMILES string of the molecule is CNC(=O)C(NC(=O)c1nc(CCCCO)n2c1CN(C)CCC2)C(C)(C)C. The molecule has 0 spiro atoms. The summed E-state index contributed by atoms with van der Waals surface area (Å²) in [6.07, 6.45) is 3.26. The van der Waals surface area contributed by atoms with Crippen molar-refractivity contribution < 1.29 is 14.7 Å². The molecule has 0 bridgehead atoms. The van der Waals surface area contributed by atoms with Gasteiger partial charge in [0.15, 0.2) is 5.69 Å². The van der Waals surface area contributed by atoms with Gasteiger partial charge in [-0.25, -0.2) is 4.98 Å². The van der Waals surface area contributed by atoms with Crippen LogP contribution in [0.2, 0.25) is 0 Å². The highest BCUT2D eigenvalue weighted by Crippen LogP contribution is 2.23. The third-order valence-corrected chi connectivity index (χ3v) is 5.17. The molecule has 3 N–H and O–H groups in total. The molecule has 0 saturated carbocycles. The second kappa shape index (κ2) is 9.52. The molecule has 28 heavy (non-hydrogen) atoms. The quantitative estimate of drug-likeness (QED) is 0.599. The molecule has 1 aliphatic heterocycles. The van der Waals surface area contributed by atoms with Crippen LogP contribution in [0.4, 0.5) is 0 Å². The van der Waals surface area contributed by atoms with Crippen LogP contribution < -0.4 is 10.6 Å². The van der Waals surface area contributed by atoms with E-state index in [1.54, 1.807) is 7.05 Å². The van der Waals surface area contributed by atoms with Crippen molar-refractivity contribution in [2.24, 2.45) is 5.41 Å². The first-order chi connectivity index (χ1) is 13.2. The molecule has 158 valence electrons. The number of carbonyl (C=O) groups is 2. The van der Waals surface area contributed by atoms with E-state index in [1.807, 2.05) is 27.8 Å². The Labute approximate surface area is 167 Å². The van der Waals surface area contributed by atoms with Crippen LogP contribution in [0.3, 0.4) is 0 Å². The third kappa shape index (κ3) is 5.32. The summed E-state index contributed by atoms with van der Waals surface area (Å²) in [5.74, 6) is 0.360. The minimum absolute atomic E-state index is 0.156. The summed E-state index contributed by atoms with van der Waals surface area (Å²) in [5.41, 5.74) is 0.889. The number of aryl methyl sites for hydroxylation is 1. The average molecular weight is 394 g/mol. The van der Waals surface area contributed by atoms with Gasteiger partial charge in [-0.15, -0.1) is 0 Å². The predicted octanol–water partition coefficient (Wildman–Crippen LogP) is 0.924. The Morgan fingerprint density at radius 3 is 2.57 bits per heavy atom. The van der Waals surface area contributed by atoms with Crippen molar-refractivity contribution >= 4 is 11.8 Å². The number of aliphatic hydroxyl groups is 1. The van der Waals surface area contributed by atoms with E-state index in [9.17, 15) is 9.59 Å². The van der Waals surface area contributed by atoms with Gasteiger partial charge in [0.05, 0.1) is 5.69 Å².